The maximum absolute atomic E-state index is 11.3. The van der Waals surface area contributed by atoms with Crippen LogP contribution in [-0.4, -0.2) is 22.8 Å². The van der Waals surface area contributed by atoms with Crippen molar-refractivity contribution < 1.29 is 19.1 Å². The van der Waals surface area contributed by atoms with Gasteiger partial charge in [0.25, 0.3) is 0 Å². The lowest BCUT2D eigenvalue weighted by Gasteiger charge is -2.26. The first kappa shape index (κ1) is 20.7. The van der Waals surface area contributed by atoms with Gasteiger partial charge < -0.3 is 14.8 Å². The molecule has 1 aromatic heterocycles. The first-order valence-corrected chi connectivity index (χ1v) is 9.49. The summed E-state index contributed by atoms with van der Waals surface area (Å²) in [6, 6.07) is 7.02. The fourth-order valence-electron chi connectivity index (χ4n) is 3.04. The molecule has 27 heavy (non-hydrogen) atoms. The summed E-state index contributed by atoms with van der Waals surface area (Å²) in [5.74, 6) is -0.588. The molecule has 146 valence electrons. The SMILES string of the molecule is CC(=O)c1c(O)c2ccccc2oc1=O.CCCCCCCC1CC(=O)N1. The van der Waals surface area contributed by atoms with Crippen LogP contribution in [0.25, 0.3) is 11.0 Å². The Hall–Kier alpha value is -2.63. The van der Waals surface area contributed by atoms with Gasteiger partial charge in [0.05, 0.1) is 5.39 Å². The Morgan fingerprint density at radius 3 is 2.48 bits per heavy atom. The molecule has 1 aliphatic rings. The van der Waals surface area contributed by atoms with E-state index in [2.05, 4.69) is 12.2 Å². The number of amides is 1. The highest BCUT2D eigenvalue weighted by molar-refractivity contribution is 6.01. The van der Waals surface area contributed by atoms with Crippen LogP contribution in [0.15, 0.2) is 33.5 Å². The number of carbonyl (C=O) groups is 2. The van der Waals surface area contributed by atoms with Gasteiger partial charge in [-0.3, -0.25) is 9.59 Å². The molecule has 2 aromatic rings. The summed E-state index contributed by atoms with van der Waals surface area (Å²) in [4.78, 5) is 33.0. The molecule has 1 aliphatic heterocycles. The monoisotopic (exact) mass is 373 g/mol. The number of aromatic hydroxyl groups is 1. The van der Waals surface area contributed by atoms with Crippen molar-refractivity contribution in [2.24, 2.45) is 0 Å². The third-order valence-corrected chi connectivity index (χ3v) is 4.59. The molecule has 1 atom stereocenters. The van der Waals surface area contributed by atoms with Gasteiger partial charge in [-0.25, -0.2) is 4.79 Å². The van der Waals surface area contributed by atoms with Gasteiger partial charge in [0.2, 0.25) is 5.91 Å². The van der Waals surface area contributed by atoms with Crippen molar-refractivity contribution in [3.8, 4) is 5.75 Å². The number of fused-ring (bicyclic) bond motifs is 1. The molecule has 2 heterocycles. The van der Waals surface area contributed by atoms with Crippen LogP contribution in [0.4, 0.5) is 0 Å². The summed E-state index contributed by atoms with van der Waals surface area (Å²) in [6.45, 7) is 3.44. The Balaban J connectivity index is 0.000000199. The molecule has 6 nitrogen and oxygen atoms in total. The third kappa shape index (κ3) is 5.67. The molecule has 2 N–H and O–H groups in total. The van der Waals surface area contributed by atoms with Crippen molar-refractivity contribution in [3.63, 3.8) is 0 Å². The van der Waals surface area contributed by atoms with E-state index in [1.807, 2.05) is 0 Å². The van der Waals surface area contributed by atoms with Crippen LogP contribution >= 0.6 is 0 Å². The summed E-state index contributed by atoms with van der Waals surface area (Å²) < 4.78 is 4.90. The number of hydrogen-bond donors (Lipinski definition) is 2. The number of Topliss-reactive ketones (excluding diaryl/α,β-unsaturated/α-hetero) is 1. The average Bonchev–Trinajstić information content (AvgIpc) is 2.60. The Morgan fingerprint density at radius 1 is 1.19 bits per heavy atom. The van der Waals surface area contributed by atoms with E-state index in [1.54, 1.807) is 24.3 Å². The molecule has 1 fully saturated rings. The predicted octanol–water partition coefficient (Wildman–Crippen LogP) is 3.94. The Morgan fingerprint density at radius 2 is 1.85 bits per heavy atom. The topological polar surface area (TPSA) is 96.6 Å². The molecular formula is C21H27NO5. The van der Waals surface area contributed by atoms with Crippen LogP contribution in [-0.2, 0) is 4.79 Å². The lowest BCUT2D eigenvalue weighted by atomic mass is 9.99. The van der Waals surface area contributed by atoms with Gasteiger partial charge in [-0.2, -0.15) is 0 Å². The van der Waals surface area contributed by atoms with E-state index < -0.39 is 11.4 Å². The highest BCUT2D eigenvalue weighted by Gasteiger charge is 2.23. The molecule has 3 rings (SSSR count). The zero-order chi connectivity index (χ0) is 19.8. The van der Waals surface area contributed by atoms with Crippen LogP contribution in [0.2, 0.25) is 0 Å². The third-order valence-electron chi connectivity index (χ3n) is 4.59. The van der Waals surface area contributed by atoms with E-state index in [9.17, 15) is 19.5 Å². The number of carbonyl (C=O) groups excluding carboxylic acids is 2. The number of para-hydroxylation sites is 1. The molecule has 0 spiro atoms. The number of β-lactam (4-membered cyclic amide) rings is 1. The second kappa shape index (κ2) is 9.90. The van der Waals surface area contributed by atoms with Crippen LogP contribution in [0.5, 0.6) is 5.75 Å². The van der Waals surface area contributed by atoms with Gasteiger partial charge >= 0.3 is 5.63 Å². The molecule has 1 amide bonds. The zero-order valence-electron chi connectivity index (χ0n) is 15.9. The number of rotatable bonds is 7. The number of ketones is 1. The molecular weight excluding hydrogens is 346 g/mol. The number of benzene rings is 1. The largest absolute Gasteiger partial charge is 0.506 e. The molecule has 0 bridgehead atoms. The zero-order valence-corrected chi connectivity index (χ0v) is 15.9. The Labute approximate surface area is 158 Å². The van der Waals surface area contributed by atoms with Gasteiger partial charge in [0.1, 0.15) is 16.9 Å². The van der Waals surface area contributed by atoms with Gasteiger partial charge in [-0.1, -0.05) is 51.2 Å². The highest BCUT2D eigenvalue weighted by Crippen LogP contribution is 2.25. The molecule has 1 saturated heterocycles. The van der Waals surface area contributed by atoms with Crippen molar-refractivity contribution >= 4 is 22.7 Å². The van der Waals surface area contributed by atoms with E-state index in [0.717, 1.165) is 6.42 Å². The minimum Gasteiger partial charge on any atom is -0.506 e. The second-order valence-corrected chi connectivity index (χ2v) is 6.84. The van der Waals surface area contributed by atoms with E-state index in [4.69, 9.17) is 4.42 Å². The predicted molar refractivity (Wildman–Crippen MR) is 104 cm³/mol. The molecule has 0 saturated carbocycles. The van der Waals surface area contributed by atoms with Crippen molar-refractivity contribution in [1.82, 2.24) is 5.32 Å². The Kier molecular flexibility index (Phi) is 7.58. The van der Waals surface area contributed by atoms with Crippen LogP contribution in [0.1, 0.15) is 69.2 Å². The first-order chi connectivity index (χ1) is 12.9. The van der Waals surface area contributed by atoms with Gasteiger partial charge in [0, 0.05) is 12.5 Å². The summed E-state index contributed by atoms with van der Waals surface area (Å²) in [7, 11) is 0. The highest BCUT2D eigenvalue weighted by atomic mass is 16.4. The van der Waals surface area contributed by atoms with Crippen molar-refractivity contribution in [2.75, 3.05) is 0 Å². The van der Waals surface area contributed by atoms with Gasteiger partial charge in [-0.05, 0) is 25.5 Å². The first-order valence-electron chi connectivity index (χ1n) is 9.49. The number of unbranched alkanes of at least 4 members (excludes halogenated alkanes) is 4. The van der Waals surface area contributed by atoms with Gasteiger partial charge in [0.15, 0.2) is 5.78 Å². The lowest BCUT2D eigenvalue weighted by molar-refractivity contribution is -0.128. The van der Waals surface area contributed by atoms with Crippen LogP contribution < -0.4 is 10.9 Å². The minimum absolute atomic E-state index is 0.230. The average molecular weight is 373 g/mol. The van der Waals surface area contributed by atoms with Crippen molar-refractivity contribution in [2.45, 2.75) is 64.8 Å². The molecule has 1 aromatic carbocycles. The van der Waals surface area contributed by atoms with Crippen molar-refractivity contribution in [3.05, 3.63) is 40.2 Å². The standard InChI is InChI=1S/C11H8O4.C10H19NO/c1-6(12)9-10(13)7-4-2-3-5-8(7)15-11(9)14;1-2-3-4-5-6-7-9-8-10(12)11-9/h2-5,13H,1H3;9H,2-8H2,1H3,(H,11,12). The fraction of sp³-hybridized carbons (Fsp3) is 0.476. The van der Waals surface area contributed by atoms with E-state index in [1.165, 1.54) is 45.4 Å². The number of nitrogens with one attached hydrogen (secondary N) is 1. The summed E-state index contributed by atoms with van der Waals surface area (Å²) in [5, 5.41) is 13.0. The quantitative estimate of drug-likeness (QED) is 0.332. The number of hydrogen-bond acceptors (Lipinski definition) is 5. The molecule has 0 aliphatic carbocycles. The lowest BCUT2D eigenvalue weighted by Crippen LogP contribution is -2.48. The van der Waals surface area contributed by atoms with E-state index in [0.29, 0.717) is 11.4 Å². The maximum atomic E-state index is 11.3. The normalized spacial score (nSPS) is 15.5. The maximum Gasteiger partial charge on any atom is 0.351 e. The Bertz CT molecular complexity index is 847. The summed E-state index contributed by atoms with van der Waals surface area (Å²) >= 11 is 0. The second-order valence-electron chi connectivity index (χ2n) is 6.84. The smallest absolute Gasteiger partial charge is 0.351 e. The molecule has 1 unspecified atom stereocenters. The van der Waals surface area contributed by atoms with E-state index >= 15 is 0 Å². The van der Waals surface area contributed by atoms with Crippen molar-refractivity contribution in [1.29, 1.82) is 0 Å². The van der Waals surface area contributed by atoms with E-state index in [-0.39, 0.29) is 22.8 Å². The minimum atomic E-state index is -0.807. The molecule has 6 heteroatoms. The van der Waals surface area contributed by atoms with Crippen LogP contribution in [0.3, 0.4) is 0 Å². The summed E-state index contributed by atoms with van der Waals surface area (Å²) in [6.07, 6.45) is 8.60. The van der Waals surface area contributed by atoms with Gasteiger partial charge in [-0.15, -0.1) is 0 Å². The molecule has 0 radical (unpaired) electrons. The summed E-state index contributed by atoms with van der Waals surface area (Å²) in [5.41, 5.74) is -0.836. The fourth-order valence-corrected chi connectivity index (χ4v) is 3.04. The van der Waals surface area contributed by atoms with Crippen LogP contribution in [0, 0.1) is 0 Å².